The van der Waals surface area contributed by atoms with E-state index >= 15 is 0 Å². The molecule has 0 radical (unpaired) electrons. The van der Waals surface area contributed by atoms with Crippen molar-refractivity contribution >= 4 is 33.0 Å². The average molecular weight is 332 g/mol. The van der Waals surface area contributed by atoms with Gasteiger partial charge in [-0.1, -0.05) is 6.07 Å². The smallest absolute Gasteiger partial charge is 0.265 e. The number of hydrogen-bond donors (Lipinski definition) is 1. The van der Waals surface area contributed by atoms with Gasteiger partial charge in [0, 0.05) is 22.8 Å². The van der Waals surface area contributed by atoms with Crippen LogP contribution in [0.3, 0.4) is 0 Å². The Morgan fingerprint density at radius 3 is 3.00 bits per heavy atom. The lowest BCUT2D eigenvalue weighted by atomic mass is 10.2. The van der Waals surface area contributed by atoms with Gasteiger partial charge in [-0.2, -0.15) is 5.10 Å². The number of likely N-dealkylation sites (N-methyl/N-ethyl adjacent to an activating group) is 1. The first-order chi connectivity index (χ1) is 11.0. The Labute approximate surface area is 137 Å². The van der Waals surface area contributed by atoms with E-state index in [2.05, 4.69) is 15.3 Å². The van der Waals surface area contributed by atoms with Crippen LogP contribution in [0.15, 0.2) is 36.7 Å². The number of anilines is 1. The van der Waals surface area contributed by atoms with Crippen LogP contribution in [0.25, 0.3) is 10.1 Å². The van der Waals surface area contributed by atoms with Gasteiger partial charge in [-0.3, -0.25) is 9.48 Å². The molecular formula is C16H17FN4OS. The second-order valence-electron chi connectivity index (χ2n) is 5.51. The Hall–Kier alpha value is -2.25. The van der Waals surface area contributed by atoms with Crippen LogP contribution in [0.5, 0.6) is 0 Å². The number of thiophene rings is 1. The molecule has 0 atom stereocenters. The van der Waals surface area contributed by atoms with E-state index in [9.17, 15) is 9.18 Å². The number of nitrogens with zero attached hydrogens (tertiary/aromatic N) is 3. The van der Waals surface area contributed by atoms with E-state index in [4.69, 9.17) is 0 Å². The molecule has 0 aliphatic carbocycles. The van der Waals surface area contributed by atoms with Crippen LogP contribution in [0.1, 0.15) is 9.67 Å². The maximum Gasteiger partial charge on any atom is 0.265 e. The minimum Gasteiger partial charge on any atom is -0.319 e. The van der Waals surface area contributed by atoms with Crippen molar-refractivity contribution in [3.63, 3.8) is 0 Å². The Kier molecular flexibility index (Phi) is 4.40. The fourth-order valence-corrected chi connectivity index (χ4v) is 3.15. The molecule has 0 aliphatic heterocycles. The third-order valence-electron chi connectivity index (χ3n) is 3.40. The molecule has 23 heavy (non-hydrogen) atoms. The molecule has 0 unspecified atom stereocenters. The number of halogens is 1. The van der Waals surface area contributed by atoms with Gasteiger partial charge >= 0.3 is 0 Å². The summed E-state index contributed by atoms with van der Waals surface area (Å²) in [5.41, 5.74) is 0.631. The fraction of sp³-hybridized carbons (Fsp3) is 0.250. The van der Waals surface area contributed by atoms with Gasteiger partial charge in [0.25, 0.3) is 5.91 Å². The van der Waals surface area contributed by atoms with Crippen molar-refractivity contribution in [3.05, 3.63) is 47.4 Å². The topological polar surface area (TPSA) is 50.2 Å². The lowest BCUT2D eigenvalue weighted by Gasteiger charge is -2.08. The van der Waals surface area contributed by atoms with Gasteiger partial charge < -0.3 is 10.2 Å². The standard InChI is InChI=1S/C16H17FN4OS/c1-20(2)6-7-21-10-11(9-18-21)19-16(22)15-8-12-13(17)4-3-5-14(12)23-15/h3-5,8-10H,6-7H2,1-2H3,(H,19,22). The van der Waals surface area contributed by atoms with E-state index < -0.39 is 0 Å². The molecule has 0 saturated carbocycles. The van der Waals surface area contributed by atoms with Crippen molar-refractivity contribution in [3.8, 4) is 0 Å². The Balaban J connectivity index is 1.72. The van der Waals surface area contributed by atoms with Gasteiger partial charge in [0.2, 0.25) is 0 Å². The lowest BCUT2D eigenvalue weighted by Crippen LogP contribution is -2.18. The van der Waals surface area contributed by atoms with Gasteiger partial charge in [0.05, 0.1) is 23.3 Å². The van der Waals surface area contributed by atoms with Crippen molar-refractivity contribution < 1.29 is 9.18 Å². The van der Waals surface area contributed by atoms with Crippen LogP contribution < -0.4 is 5.32 Å². The molecule has 2 heterocycles. The highest BCUT2D eigenvalue weighted by Crippen LogP contribution is 2.28. The number of fused-ring (bicyclic) bond motifs is 1. The highest BCUT2D eigenvalue weighted by molar-refractivity contribution is 7.20. The molecule has 3 aromatic rings. The third-order valence-corrected chi connectivity index (χ3v) is 4.50. The SMILES string of the molecule is CN(C)CCn1cc(NC(=O)c2cc3c(F)cccc3s2)cn1. The number of carbonyl (C=O) groups excluding carboxylic acids is 1. The number of benzene rings is 1. The first kappa shape index (κ1) is 15.6. The molecule has 120 valence electrons. The number of nitrogens with one attached hydrogen (secondary N) is 1. The summed E-state index contributed by atoms with van der Waals surface area (Å²) in [5.74, 6) is -0.563. The minimum atomic E-state index is -0.311. The summed E-state index contributed by atoms with van der Waals surface area (Å²) in [5, 5.41) is 7.49. The molecule has 5 nitrogen and oxygen atoms in total. The normalized spacial score (nSPS) is 11.3. The molecule has 1 N–H and O–H groups in total. The molecule has 0 bridgehead atoms. The van der Waals surface area contributed by atoms with Crippen molar-refractivity contribution in [2.75, 3.05) is 26.0 Å². The zero-order chi connectivity index (χ0) is 16.4. The summed E-state index contributed by atoms with van der Waals surface area (Å²) >= 11 is 1.27. The Morgan fingerprint density at radius 2 is 2.26 bits per heavy atom. The lowest BCUT2D eigenvalue weighted by molar-refractivity contribution is 0.103. The highest BCUT2D eigenvalue weighted by atomic mass is 32.1. The number of aromatic nitrogens is 2. The van der Waals surface area contributed by atoms with Crippen LogP contribution in [0.4, 0.5) is 10.1 Å². The minimum absolute atomic E-state index is 0.252. The Bertz CT molecular complexity index is 840. The van der Waals surface area contributed by atoms with Crippen molar-refractivity contribution in [2.45, 2.75) is 6.54 Å². The number of rotatable bonds is 5. The first-order valence-electron chi connectivity index (χ1n) is 7.19. The monoisotopic (exact) mass is 332 g/mol. The molecule has 0 fully saturated rings. The second-order valence-corrected chi connectivity index (χ2v) is 6.60. The first-order valence-corrected chi connectivity index (χ1v) is 8.01. The van der Waals surface area contributed by atoms with Crippen molar-refractivity contribution in [1.29, 1.82) is 0 Å². The van der Waals surface area contributed by atoms with Gasteiger partial charge in [-0.15, -0.1) is 11.3 Å². The van der Waals surface area contributed by atoms with E-state index in [1.54, 1.807) is 35.3 Å². The maximum absolute atomic E-state index is 13.7. The van der Waals surface area contributed by atoms with Gasteiger partial charge in [-0.05, 0) is 32.3 Å². The Morgan fingerprint density at radius 1 is 1.43 bits per heavy atom. The largest absolute Gasteiger partial charge is 0.319 e. The van der Waals surface area contributed by atoms with Crippen LogP contribution in [-0.4, -0.2) is 41.2 Å². The van der Waals surface area contributed by atoms with Gasteiger partial charge in [0.15, 0.2) is 0 Å². The quantitative estimate of drug-likeness (QED) is 0.781. The molecule has 1 aromatic carbocycles. The average Bonchev–Trinajstić information content (AvgIpc) is 3.12. The predicted octanol–water partition coefficient (Wildman–Crippen LogP) is 3.05. The molecule has 3 rings (SSSR count). The summed E-state index contributed by atoms with van der Waals surface area (Å²) in [4.78, 5) is 14.8. The van der Waals surface area contributed by atoms with Crippen LogP contribution in [0, 0.1) is 5.82 Å². The van der Waals surface area contributed by atoms with Crippen LogP contribution in [0.2, 0.25) is 0 Å². The van der Waals surface area contributed by atoms with E-state index in [1.807, 2.05) is 14.1 Å². The highest BCUT2D eigenvalue weighted by Gasteiger charge is 2.13. The van der Waals surface area contributed by atoms with Crippen molar-refractivity contribution in [1.82, 2.24) is 14.7 Å². The molecule has 7 heteroatoms. The summed E-state index contributed by atoms with van der Waals surface area (Å²) in [6.07, 6.45) is 3.40. The van der Waals surface area contributed by atoms with E-state index in [1.165, 1.54) is 17.4 Å². The van der Waals surface area contributed by atoms with Gasteiger partial charge in [-0.25, -0.2) is 4.39 Å². The molecule has 0 aliphatic rings. The summed E-state index contributed by atoms with van der Waals surface area (Å²) < 4.78 is 16.2. The van der Waals surface area contributed by atoms with Crippen LogP contribution >= 0.6 is 11.3 Å². The number of hydrogen-bond acceptors (Lipinski definition) is 4. The van der Waals surface area contributed by atoms with Crippen molar-refractivity contribution in [2.24, 2.45) is 0 Å². The molecule has 2 aromatic heterocycles. The number of carbonyl (C=O) groups is 1. The molecule has 1 amide bonds. The van der Waals surface area contributed by atoms with E-state index in [0.717, 1.165) is 17.8 Å². The summed E-state index contributed by atoms with van der Waals surface area (Å²) in [6.45, 7) is 1.61. The summed E-state index contributed by atoms with van der Waals surface area (Å²) in [6, 6.07) is 6.43. The molecule has 0 spiro atoms. The maximum atomic E-state index is 13.7. The second kappa shape index (κ2) is 6.47. The van der Waals surface area contributed by atoms with E-state index in [-0.39, 0.29) is 11.7 Å². The third kappa shape index (κ3) is 3.57. The predicted molar refractivity (Wildman–Crippen MR) is 90.5 cm³/mol. The van der Waals surface area contributed by atoms with E-state index in [0.29, 0.717) is 16.0 Å². The van der Waals surface area contributed by atoms with Crippen LogP contribution in [-0.2, 0) is 6.54 Å². The zero-order valence-electron chi connectivity index (χ0n) is 12.9. The molecule has 0 saturated heterocycles. The zero-order valence-corrected chi connectivity index (χ0v) is 13.7. The molecular weight excluding hydrogens is 315 g/mol. The summed E-state index contributed by atoms with van der Waals surface area (Å²) in [7, 11) is 3.99. The number of amides is 1. The fourth-order valence-electron chi connectivity index (χ4n) is 2.18. The van der Waals surface area contributed by atoms with Gasteiger partial charge in [0.1, 0.15) is 5.82 Å².